The van der Waals surface area contributed by atoms with Crippen molar-refractivity contribution >= 4 is 22.9 Å². The molecule has 0 spiro atoms. The fraction of sp³-hybridized carbons (Fsp3) is 0.250. The Balaban J connectivity index is 2.42. The Bertz CT molecular complexity index is 462. The second-order valence-electron chi connectivity index (χ2n) is 3.71. The molecule has 15 heavy (non-hydrogen) atoms. The van der Waals surface area contributed by atoms with Gasteiger partial charge in [-0.1, -0.05) is 43.6 Å². The van der Waals surface area contributed by atoms with Gasteiger partial charge in [0.05, 0.1) is 10.7 Å². The van der Waals surface area contributed by atoms with Gasteiger partial charge in [0.15, 0.2) is 0 Å². The Labute approximate surface area is 98.7 Å². The smallest absolute Gasteiger partial charge is 0.0958 e. The largest absolute Gasteiger partial charge is 0.241 e. The molecule has 1 aromatic heterocycles. The maximum atomic E-state index is 6.11. The third kappa shape index (κ3) is 2.21. The van der Waals surface area contributed by atoms with Gasteiger partial charge >= 0.3 is 0 Å². The van der Waals surface area contributed by atoms with Gasteiger partial charge in [0.2, 0.25) is 0 Å². The lowest BCUT2D eigenvalue weighted by atomic mass is 10.2. The van der Waals surface area contributed by atoms with Crippen molar-refractivity contribution in [2.75, 3.05) is 0 Å². The predicted molar refractivity (Wildman–Crippen MR) is 66.6 cm³/mol. The van der Waals surface area contributed by atoms with E-state index in [0.717, 1.165) is 21.3 Å². The van der Waals surface area contributed by atoms with Crippen LogP contribution >= 0.6 is 22.9 Å². The summed E-state index contributed by atoms with van der Waals surface area (Å²) in [4.78, 5) is 4.57. The quantitative estimate of drug-likeness (QED) is 0.745. The molecule has 0 unspecified atom stereocenters. The van der Waals surface area contributed by atoms with Crippen molar-refractivity contribution in [3.05, 3.63) is 39.7 Å². The standard InChI is InChI=1S/C12H12ClNS/c1-8(2)12-14-11(7-15-12)9-5-3-4-6-10(9)13/h3-8H,1-2H3. The van der Waals surface area contributed by atoms with Crippen LogP contribution in [0, 0.1) is 0 Å². The molecule has 0 aliphatic carbocycles. The summed E-state index contributed by atoms with van der Waals surface area (Å²) >= 11 is 7.80. The van der Waals surface area contributed by atoms with E-state index >= 15 is 0 Å². The molecule has 0 saturated heterocycles. The molecule has 78 valence electrons. The monoisotopic (exact) mass is 237 g/mol. The third-order valence-corrected chi connectivity index (χ3v) is 3.64. The van der Waals surface area contributed by atoms with Crippen molar-refractivity contribution in [2.45, 2.75) is 19.8 Å². The first kappa shape index (κ1) is 10.7. The maximum absolute atomic E-state index is 6.11. The van der Waals surface area contributed by atoms with Crippen LogP contribution in [0.1, 0.15) is 24.8 Å². The molecular weight excluding hydrogens is 226 g/mol. The van der Waals surface area contributed by atoms with E-state index in [4.69, 9.17) is 11.6 Å². The molecule has 2 rings (SSSR count). The summed E-state index contributed by atoms with van der Waals surface area (Å²) in [5.41, 5.74) is 2.00. The van der Waals surface area contributed by atoms with Crippen molar-refractivity contribution in [2.24, 2.45) is 0 Å². The zero-order valence-corrected chi connectivity index (χ0v) is 10.3. The van der Waals surface area contributed by atoms with Crippen LogP contribution in [0.4, 0.5) is 0 Å². The van der Waals surface area contributed by atoms with Gasteiger partial charge in [-0.25, -0.2) is 4.98 Å². The van der Waals surface area contributed by atoms with E-state index in [1.165, 1.54) is 0 Å². The maximum Gasteiger partial charge on any atom is 0.0958 e. The van der Waals surface area contributed by atoms with E-state index in [1.54, 1.807) is 11.3 Å². The van der Waals surface area contributed by atoms with Crippen LogP contribution in [0.2, 0.25) is 5.02 Å². The van der Waals surface area contributed by atoms with Crippen LogP contribution in [0.5, 0.6) is 0 Å². The van der Waals surface area contributed by atoms with E-state index in [-0.39, 0.29) is 0 Å². The summed E-state index contributed by atoms with van der Waals surface area (Å²) in [6, 6.07) is 7.81. The zero-order valence-electron chi connectivity index (χ0n) is 8.70. The molecule has 0 fully saturated rings. The summed E-state index contributed by atoms with van der Waals surface area (Å²) < 4.78 is 0. The highest BCUT2D eigenvalue weighted by Crippen LogP contribution is 2.30. The van der Waals surface area contributed by atoms with Gasteiger partial charge in [-0.05, 0) is 6.07 Å². The number of halogens is 1. The Morgan fingerprint density at radius 2 is 2.00 bits per heavy atom. The normalized spacial score (nSPS) is 10.9. The molecule has 0 aliphatic heterocycles. The second kappa shape index (κ2) is 4.33. The zero-order chi connectivity index (χ0) is 10.8. The molecule has 1 aromatic carbocycles. The van der Waals surface area contributed by atoms with Gasteiger partial charge in [0.25, 0.3) is 0 Å². The first-order valence-electron chi connectivity index (χ1n) is 4.89. The van der Waals surface area contributed by atoms with E-state index in [9.17, 15) is 0 Å². The highest BCUT2D eigenvalue weighted by molar-refractivity contribution is 7.10. The van der Waals surface area contributed by atoms with E-state index in [1.807, 2.05) is 24.3 Å². The van der Waals surface area contributed by atoms with Gasteiger partial charge in [-0.15, -0.1) is 11.3 Å². The minimum absolute atomic E-state index is 0.478. The van der Waals surface area contributed by atoms with Crippen molar-refractivity contribution in [1.82, 2.24) is 4.98 Å². The molecule has 0 amide bonds. The van der Waals surface area contributed by atoms with Crippen LogP contribution < -0.4 is 0 Å². The van der Waals surface area contributed by atoms with Crippen LogP contribution in [0.3, 0.4) is 0 Å². The van der Waals surface area contributed by atoms with Crippen molar-refractivity contribution in [1.29, 1.82) is 0 Å². The topological polar surface area (TPSA) is 12.9 Å². The van der Waals surface area contributed by atoms with Crippen molar-refractivity contribution < 1.29 is 0 Å². The van der Waals surface area contributed by atoms with Gasteiger partial charge in [-0.2, -0.15) is 0 Å². The molecule has 1 heterocycles. The summed E-state index contributed by atoms with van der Waals surface area (Å²) in [5, 5.41) is 3.99. The molecule has 0 aliphatic rings. The molecule has 2 aromatic rings. The fourth-order valence-electron chi connectivity index (χ4n) is 1.35. The van der Waals surface area contributed by atoms with E-state index in [0.29, 0.717) is 5.92 Å². The fourth-order valence-corrected chi connectivity index (χ4v) is 2.41. The highest BCUT2D eigenvalue weighted by atomic mass is 35.5. The molecule has 0 radical (unpaired) electrons. The Morgan fingerprint density at radius 3 is 2.60 bits per heavy atom. The second-order valence-corrected chi connectivity index (χ2v) is 5.00. The number of hydrogen-bond acceptors (Lipinski definition) is 2. The number of hydrogen-bond donors (Lipinski definition) is 0. The van der Waals surface area contributed by atoms with Gasteiger partial charge in [0, 0.05) is 21.9 Å². The van der Waals surface area contributed by atoms with Gasteiger partial charge in [0.1, 0.15) is 0 Å². The predicted octanol–water partition coefficient (Wildman–Crippen LogP) is 4.59. The number of rotatable bonds is 2. The van der Waals surface area contributed by atoms with Crippen LogP contribution in [-0.4, -0.2) is 4.98 Å². The molecule has 0 atom stereocenters. The number of thiazole rings is 1. The Morgan fingerprint density at radius 1 is 1.27 bits per heavy atom. The first-order valence-corrected chi connectivity index (χ1v) is 6.14. The SMILES string of the molecule is CC(C)c1nc(-c2ccccc2Cl)cs1. The highest BCUT2D eigenvalue weighted by Gasteiger charge is 2.09. The summed E-state index contributed by atoms with van der Waals surface area (Å²) in [7, 11) is 0. The molecule has 1 nitrogen and oxygen atoms in total. The van der Waals surface area contributed by atoms with E-state index < -0.39 is 0 Å². The van der Waals surface area contributed by atoms with Crippen LogP contribution in [0.25, 0.3) is 11.3 Å². The number of benzene rings is 1. The third-order valence-electron chi connectivity index (χ3n) is 2.17. The average molecular weight is 238 g/mol. The van der Waals surface area contributed by atoms with Crippen LogP contribution in [-0.2, 0) is 0 Å². The lowest BCUT2D eigenvalue weighted by Crippen LogP contribution is -1.85. The lowest BCUT2D eigenvalue weighted by Gasteiger charge is -2.00. The lowest BCUT2D eigenvalue weighted by molar-refractivity contribution is 0.853. The van der Waals surface area contributed by atoms with Crippen LogP contribution in [0.15, 0.2) is 29.6 Å². The average Bonchev–Trinajstić information content (AvgIpc) is 2.67. The Kier molecular flexibility index (Phi) is 3.08. The van der Waals surface area contributed by atoms with Gasteiger partial charge < -0.3 is 0 Å². The minimum atomic E-state index is 0.478. The molecular formula is C12H12ClNS. The number of nitrogens with zero attached hydrogens (tertiary/aromatic N) is 1. The summed E-state index contributed by atoms with van der Waals surface area (Å²) in [6.45, 7) is 4.30. The number of aromatic nitrogens is 1. The van der Waals surface area contributed by atoms with Gasteiger partial charge in [-0.3, -0.25) is 0 Å². The van der Waals surface area contributed by atoms with Crippen molar-refractivity contribution in [3.8, 4) is 11.3 Å². The summed E-state index contributed by atoms with van der Waals surface area (Å²) in [6.07, 6.45) is 0. The molecule has 0 saturated carbocycles. The summed E-state index contributed by atoms with van der Waals surface area (Å²) in [5.74, 6) is 0.478. The molecule has 0 N–H and O–H groups in total. The first-order chi connectivity index (χ1) is 7.18. The van der Waals surface area contributed by atoms with Crippen molar-refractivity contribution in [3.63, 3.8) is 0 Å². The Hall–Kier alpha value is -0.860. The van der Waals surface area contributed by atoms with E-state index in [2.05, 4.69) is 24.2 Å². The molecule has 3 heteroatoms. The minimum Gasteiger partial charge on any atom is -0.241 e. The molecule has 0 bridgehead atoms.